The number of amides is 1. The fourth-order valence-corrected chi connectivity index (χ4v) is 4.05. The number of benzene rings is 3. The summed E-state index contributed by atoms with van der Waals surface area (Å²) in [6, 6.07) is 19.8. The Hall–Kier alpha value is -3.98. The largest absolute Gasteiger partial charge is 0.322 e. The van der Waals surface area contributed by atoms with Gasteiger partial charge in [0.1, 0.15) is 5.82 Å². The van der Waals surface area contributed by atoms with Crippen LogP contribution in [0.15, 0.2) is 96.2 Å². The lowest BCUT2D eigenvalue weighted by Gasteiger charge is -2.10. The highest BCUT2D eigenvalue weighted by atomic mass is 32.2. The molecule has 1 aromatic heterocycles. The summed E-state index contributed by atoms with van der Waals surface area (Å²) in [5, 5.41) is 6.97. The minimum atomic E-state index is -3.86. The van der Waals surface area contributed by atoms with Gasteiger partial charge in [-0.3, -0.25) is 14.2 Å². The summed E-state index contributed by atoms with van der Waals surface area (Å²) >= 11 is 0. The van der Waals surface area contributed by atoms with Crippen LogP contribution in [0.2, 0.25) is 0 Å². The Labute approximate surface area is 184 Å². The number of nitrogens with one attached hydrogen (secondary N) is 2. The molecule has 0 unspecified atom stereocenters. The zero-order valence-corrected chi connectivity index (χ0v) is 17.6. The zero-order valence-electron chi connectivity index (χ0n) is 16.8. The van der Waals surface area contributed by atoms with Crippen molar-refractivity contribution in [3.8, 4) is 0 Å². The number of rotatable bonds is 7. The van der Waals surface area contributed by atoms with Crippen molar-refractivity contribution in [1.82, 2.24) is 9.78 Å². The number of nitrogens with zero attached hydrogens (tertiary/aromatic N) is 2. The van der Waals surface area contributed by atoms with Crippen LogP contribution in [0.25, 0.3) is 0 Å². The first-order chi connectivity index (χ1) is 15.4. The average Bonchev–Trinajstić information content (AvgIpc) is 3.29. The SMILES string of the molecule is O=C(Nc1ccc(Cn2cccn2)cc1)c1ccc(NS(=O)(=O)c2ccc(F)cc2)cc1. The van der Waals surface area contributed by atoms with Crippen LogP contribution in [0.5, 0.6) is 0 Å². The van der Waals surface area contributed by atoms with Gasteiger partial charge < -0.3 is 5.32 Å². The van der Waals surface area contributed by atoms with Crippen molar-refractivity contribution >= 4 is 27.3 Å². The average molecular weight is 450 g/mol. The monoisotopic (exact) mass is 450 g/mol. The second-order valence-electron chi connectivity index (χ2n) is 6.99. The Bertz CT molecular complexity index is 1300. The van der Waals surface area contributed by atoms with Gasteiger partial charge in [0.2, 0.25) is 0 Å². The molecule has 2 N–H and O–H groups in total. The molecule has 0 fully saturated rings. The summed E-state index contributed by atoms with van der Waals surface area (Å²) in [4.78, 5) is 12.4. The van der Waals surface area contributed by atoms with Gasteiger partial charge in [0, 0.05) is 29.3 Å². The summed E-state index contributed by atoms with van der Waals surface area (Å²) in [5.41, 5.74) is 2.34. The van der Waals surface area contributed by atoms with Crippen molar-refractivity contribution < 1.29 is 17.6 Å². The van der Waals surface area contributed by atoms with Crippen molar-refractivity contribution in [2.45, 2.75) is 11.4 Å². The van der Waals surface area contributed by atoms with E-state index >= 15 is 0 Å². The van der Waals surface area contributed by atoms with Crippen LogP contribution in [0.3, 0.4) is 0 Å². The molecule has 1 heterocycles. The molecule has 0 spiro atoms. The number of sulfonamides is 1. The number of carbonyl (C=O) groups is 1. The minimum absolute atomic E-state index is 0.0586. The fourth-order valence-electron chi connectivity index (χ4n) is 3.00. The highest BCUT2D eigenvalue weighted by molar-refractivity contribution is 7.92. The second kappa shape index (κ2) is 9.03. The summed E-state index contributed by atoms with van der Waals surface area (Å²) < 4.78 is 42.0. The van der Waals surface area contributed by atoms with Gasteiger partial charge in [0.15, 0.2) is 0 Å². The van der Waals surface area contributed by atoms with Crippen molar-refractivity contribution in [2.24, 2.45) is 0 Å². The molecule has 0 atom stereocenters. The van der Waals surface area contributed by atoms with E-state index in [1.165, 1.54) is 36.4 Å². The van der Waals surface area contributed by atoms with Crippen LogP contribution in [0.1, 0.15) is 15.9 Å². The van der Waals surface area contributed by atoms with Crippen LogP contribution in [0, 0.1) is 5.82 Å². The molecule has 0 saturated heterocycles. The predicted molar refractivity (Wildman–Crippen MR) is 119 cm³/mol. The van der Waals surface area contributed by atoms with E-state index < -0.39 is 15.8 Å². The lowest BCUT2D eigenvalue weighted by atomic mass is 10.1. The molecule has 4 aromatic rings. The van der Waals surface area contributed by atoms with Gasteiger partial charge in [-0.15, -0.1) is 0 Å². The maximum Gasteiger partial charge on any atom is 0.261 e. The number of hydrogen-bond acceptors (Lipinski definition) is 4. The molecule has 9 heteroatoms. The van der Waals surface area contributed by atoms with E-state index in [0.717, 1.165) is 17.7 Å². The van der Waals surface area contributed by atoms with Crippen LogP contribution in [0.4, 0.5) is 15.8 Å². The highest BCUT2D eigenvalue weighted by Crippen LogP contribution is 2.18. The minimum Gasteiger partial charge on any atom is -0.322 e. The number of hydrogen-bond donors (Lipinski definition) is 2. The third kappa shape index (κ3) is 5.19. The fraction of sp³-hybridized carbons (Fsp3) is 0.0435. The first-order valence-corrected chi connectivity index (χ1v) is 11.1. The van der Waals surface area contributed by atoms with Gasteiger partial charge in [-0.05, 0) is 72.3 Å². The van der Waals surface area contributed by atoms with Gasteiger partial charge in [-0.25, -0.2) is 12.8 Å². The van der Waals surface area contributed by atoms with E-state index in [4.69, 9.17) is 0 Å². The number of aromatic nitrogens is 2. The highest BCUT2D eigenvalue weighted by Gasteiger charge is 2.14. The maximum atomic E-state index is 13.0. The standard InChI is InChI=1S/C23H19FN4O3S/c24-19-6-12-22(13-7-19)32(30,31)27-21-10-4-18(5-11-21)23(29)26-20-8-2-17(3-9-20)16-28-15-1-14-25-28/h1-15,27H,16H2,(H,26,29). The van der Waals surface area contributed by atoms with Gasteiger partial charge in [-0.2, -0.15) is 5.10 Å². The second-order valence-corrected chi connectivity index (χ2v) is 8.67. The van der Waals surface area contributed by atoms with E-state index in [9.17, 15) is 17.6 Å². The van der Waals surface area contributed by atoms with Crippen molar-refractivity contribution in [2.75, 3.05) is 10.0 Å². The van der Waals surface area contributed by atoms with E-state index in [2.05, 4.69) is 15.1 Å². The molecule has 0 bridgehead atoms. The Balaban J connectivity index is 1.38. The van der Waals surface area contributed by atoms with Crippen LogP contribution < -0.4 is 10.0 Å². The molecule has 0 aliphatic carbocycles. The molecule has 0 aliphatic rings. The molecule has 1 amide bonds. The normalized spacial score (nSPS) is 11.2. The molecular weight excluding hydrogens is 431 g/mol. The lowest BCUT2D eigenvalue weighted by molar-refractivity contribution is 0.102. The summed E-state index contributed by atoms with van der Waals surface area (Å²) in [5.74, 6) is -0.843. The summed E-state index contributed by atoms with van der Waals surface area (Å²) in [6.45, 7) is 0.635. The van der Waals surface area contributed by atoms with E-state index in [1.807, 2.05) is 36.5 Å². The molecule has 32 heavy (non-hydrogen) atoms. The van der Waals surface area contributed by atoms with E-state index in [1.54, 1.807) is 10.9 Å². The Kier molecular flexibility index (Phi) is 6.00. The third-order valence-electron chi connectivity index (χ3n) is 4.64. The molecule has 3 aromatic carbocycles. The predicted octanol–water partition coefficient (Wildman–Crippen LogP) is 4.12. The maximum absolute atomic E-state index is 13.0. The van der Waals surface area contributed by atoms with Crippen molar-refractivity contribution in [3.05, 3.63) is 108 Å². The molecule has 0 aliphatic heterocycles. The molecular formula is C23H19FN4O3S. The Morgan fingerprint density at radius 2 is 1.56 bits per heavy atom. The van der Waals surface area contributed by atoms with Crippen LogP contribution >= 0.6 is 0 Å². The number of halogens is 1. The van der Waals surface area contributed by atoms with Crippen molar-refractivity contribution in [1.29, 1.82) is 0 Å². The zero-order chi connectivity index (χ0) is 22.6. The quantitative estimate of drug-likeness (QED) is 0.443. The molecule has 162 valence electrons. The smallest absolute Gasteiger partial charge is 0.261 e. The molecule has 0 radical (unpaired) electrons. The van der Waals surface area contributed by atoms with Crippen LogP contribution in [-0.4, -0.2) is 24.1 Å². The van der Waals surface area contributed by atoms with Gasteiger partial charge in [0.25, 0.3) is 15.9 Å². The first kappa shape index (κ1) is 21.3. The first-order valence-electron chi connectivity index (χ1n) is 9.65. The third-order valence-corrected chi connectivity index (χ3v) is 6.04. The molecule has 0 saturated carbocycles. The Morgan fingerprint density at radius 1 is 0.906 bits per heavy atom. The number of anilines is 2. The van der Waals surface area contributed by atoms with Crippen molar-refractivity contribution in [3.63, 3.8) is 0 Å². The van der Waals surface area contributed by atoms with E-state index in [0.29, 0.717) is 17.8 Å². The topological polar surface area (TPSA) is 93.1 Å². The Morgan fingerprint density at radius 3 is 2.19 bits per heavy atom. The van der Waals surface area contributed by atoms with Gasteiger partial charge >= 0.3 is 0 Å². The lowest BCUT2D eigenvalue weighted by Crippen LogP contribution is -2.14. The van der Waals surface area contributed by atoms with E-state index in [-0.39, 0.29) is 16.5 Å². The summed E-state index contributed by atoms with van der Waals surface area (Å²) in [7, 11) is -3.86. The van der Waals surface area contributed by atoms with Gasteiger partial charge in [0.05, 0.1) is 11.4 Å². The van der Waals surface area contributed by atoms with Crippen LogP contribution in [-0.2, 0) is 16.6 Å². The molecule has 7 nitrogen and oxygen atoms in total. The van der Waals surface area contributed by atoms with Gasteiger partial charge in [-0.1, -0.05) is 12.1 Å². The number of carbonyl (C=O) groups excluding carboxylic acids is 1. The summed E-state index contributed by atoms with van der Waals surface area (Å²) in [6.07, 6.45) is 3.59. The molecule has 4 rings (SSSR count).